The molecule has 0 unspecified atom stereocenters. The monoisotopic (exact) mass is 248 g/mol. The molecule has 0 bridgehead atoms. The fraction of sp³-hybridized carbons (Fsp3) is 0.562. The molecule has 2 heteroatoms. The molecule has 0 atom stereocenters. The topological polar surface area (TPSA) is 26.3 Å². The lowest BCUT2D eigenvalue weighted by Crippen LogP contribution is -2.06. The third kappa shape index (κ3) is 5.35. The van der Waals surface area contributed by atoms with Crippen molar-refractivity contribution in [1.29, 1.82) is 0 Å². The van der Waals surface area contributed by atoms with Crippen LogP contribution >= 0.6 is 0 Å². The van der Waals surface area contributed by atoms with Gasteiger partial charge in [0.2, 0.25) is 0 Å². The van der Waals surface area contributed by atoms with Crippen LogP contribution in [0.15, 0.2) is 24.3 Å². The molecule has 1 aromatic rings. The molecule has 2 nitrogen and oxygen atoms in total. The number of hydrogen-bond acceptors (Lipinski definition) is 2. The Morgan fingerprint density at radius 2 is 1.89 bits per heavy atom. The third-order valence-electron chi connectivity index (χ3n) is 2.93. The van der Waals surface area contributed by atoms with E-state index in [4.69, 9.17) is 4.74 Å². The van der Waals surface area contributed by atoms with Crippen LogP contribution in [0.2, 0.25) is 0 Å². The second kappa shape index (κ2) is 7.91. The summed E-state index contributed by atoms with van der Waals surface area (Å²) >= 11 is 0. The Morgan fingerprint density at radius 3 is 2.44 bits per heavy atom. The maximum atomic E-state index is 11.5. The van der Waals surface area contributed by atoms with E-state index in [0.29, 0.717) is 12.2 Å². The number of aryl methyl sites for hydroxylation is 1. The number of carbonyl (C=O) groups excluding carboxylic acids is 1. The van der Waals surface area contributed by atoms with Crippen molar-refractivity contribution in [3.8, 4) is 5.75 Å². The van der Waals surface area contributed by atoms with Crippen LogP contribution in [0, 0.1) is 5.92 Å². The molecular weight excluding hydrogens is 224 g/mol. The van der Waals surface area contributed by atoms with Gasteiger partial charge in [-0.15, -0.1) is 0 Å². The van der Waals surface area contributed by atoms with Crippen molar-refractivity contribution >= 4 is 5.78 Å². The molecular formula is C16H24O2. The van der Waals surface area contributed by atoms with E-state index >= 15 is 0 Å². The summed E-state index contributed by atoms with van der Waals surface area (Å²) in [5, 5.41) is 0. The Bertz CT molecular complexity index is 352. The Labute approximate surface area is 110 Å². The fourth-order valence-corrected chi connectivity index (χ4v) is 1.73. The summed E-state index contributed by atoms with van der Waals surface area (Å²) in [5.41, 5.74) is 1.27. The molecule has 1 rings (SSSR count). The molecule has 0 aliphatic heterocycles. The number of ether oxygens (including phenoxy) is 1. The van der Waals surface area contributed by atoms with Crippen molar-refractivity contribution in [2.24, 2.45) is 5.92 Å². The summed E-state index contributed by atoms with van der Waals surface area (Å²) < 4.78 is 5.53. The van der Waals surface area contributed by atoms with E-state index in [1.807, 2.05) is 26.0 Å². The predicted octanol–water partition coefficient (Wildman–Crippen LogP) is 4.02. The predicted molar refractivity (Wildman–Crippen MR) is 75.0 cm³/mol. The third-order valence-corrected chi connectivity index (χ3v) is 2.93. The molecule has 0 saturated heterocycles. The zero-order valence-corrected chi connectivity index (χ0v) is 11.7. The molecule has 0 aliphatic carbocycles. The number of ketones is 1. The maximum Gasteiger partial charge on any atom is 0.135 e. The van der Waals surface area contributed by atoms with Gasteiger partial charge in [0.1, 0.15) is 11.5 Å². The van der Waals surface area contributed by atoms with Crippen molar-refractivity contribution in [2.75, 3.05) is 6.61 Å². The maximum absolute atomic E-state index is 11.5. The minimum atomic E-state index is 0.162. The summed E-state index contributed by atoms with van der Waals surface area (Å²) in [6.45, 7) is 6.78. The fourth-order valence-electron chi connectivity index (χ4n) is 1.73. The van der Waals surface area contributed by atoms with Crippen LogP contribution in [0.1, 0.15) is 45.6 Å². The van der Waals surface area contributed by atoms with Crippen molar-refractivity contribution in [3.63, 3.8) is 0 Å². The summed E-state index contributed by atoms with van der Waals surface area (Å²) in [4.78, 5) is 11.5. The zero-order chi connectivity index (χ0) is 13.4. The molecule has 0 saturated carbocycles. The first-order valence-corrected chi connectivity index (χ1v) is 6.88. The summed E-state index contributed by atoms with van der Waals surface area (Å²) in [7, 11) is 0. The van der Waals surface area contributed by atoms with E-state index in [-0.39, 0.29) is 5.92 Å². The smallest absolute Gasteiger partial charge is 0.135 e. The Morgan fingerprint density at radius 1 is 1.22 bits per heavy atom. The number of Topliss-reactive ketones (excluding diaryl/α,β-unsaturated/α-hetero) is 1. The average Bonchev–Trinajstić information content (AvgIpc) is 2.37. The molecule has 0 heterocycles. The van der Waals surface area contributed by atoms with Gasteiger partial charge < -0.3 is 4.74 Å². The quantitative estimate of drug-likeness (QED) is 0.694. The van der Waals surface area contributed by atoms with Gasteiger partial charge in [-0.1, -0.05) is 32.9 Å². The van der Waals surface area contributed by atoms with Gasteiger partial charge >= 0.3 is 0 Å². The second-order valence-corrected chi connectivity index (χ2v) is 4.97. The molecule has 0 N–H and O–H groups in total. The normalized spacial score (nSPS) is 10.7. The van der Waals surface area contributed by atoms with Crippen LogP contribution < -0.4 is 4.74 Å². The molecule has 100 valence electrons. The van der Waals surface area contributed by atoms with Gasteiger partial charge in [0, 0.05) is 12.3 Å². The van der Waals surface area contributed by atoms with Gasteiger partial charge in [-0.05, 0) is 37.0 Å². The minimum absolute atomic E-state index is 0.162. The molecule has 0 aliphatic rings. The highest BCUT2D eigenvalue weighted by Gasteiger charge is 2.06. The lowest BCUT2D eigenvalue weighted by atomic mass is 10.0. The van der Waals surface area contributed by atoms with E-state index < -0.39 is 0 Å². The van der Waals surface area contributed by atoms with Gasteiger partial charge in [-0.3, -0.25) is 4.79 Å². The molecule has 0 spiro atoms. The van der Waals surface area contributed by atoms with Crippen LogP contribution in [0.3, 0.4) is 0 Å². The Balaban J connectivity index is 2.33. The molecule has 0 fully saturated rings. The molecule has 0 aromatic heterocycles. The minimum Gasteiger partial charge on any atom is -0.494 e. The van der Waals surface area contributed by atoms with Gasteiger partial charge in [-0.25, -0.2) is 0 Å². The molecule has 1 aromatic carbocycles. The lowest BCUT2D eigenvalue weighted by Gasteiger charge is -2.06. The number of carbonyl (C=O) groups is 1. The van der Waals surface area contributed by atoms with E-state index in [2.05, 4.69) is 19.1 Å². The van der Waals surface area contributed by atoms with Crippen LogP contribution in [0.25, 0.3) is 0 Å². The Hall–Kier alpha value is -1.31. The van der Waals surface area contributed by atoms with Gasteiger partial charge in [0.05, 0.1) is 6.61 Å². The number of rotatable bonds is 8. The Kier molecular flexibility index (Phi) is 6.48. The highest BCUT2D eigenvalue weighted by atomic mass is 16.5. The van der Waals surface area contributed by atoms with E-state index in [1.165, 1.54) is 5.56 Å². The average molecular weight is 248 g/mol. The lowest BCUT2D eigenvalue weighted by molar-refractivity contribution is -0.121. The van der Waals surface area contributed by atoms with Crippen molar-refractivity contribution < 1.29 is 9.53 Å². The molecule has 0 amide bonds. The summed E-state index contributed by atoms with van der Waals surface area (Å²) in [6.07, 6.45) is 3.61. The van der Waals surface area contributed by atoms with Crippen LogP contribution in [0.4, 0.5) is 0 Å². The van der Waals surface area contributed by atoms with Crippen LogP contribution in [-0.4, -0.2) is 12.4 Å². The van der Waals surface area contributed by atoms with Crippen LogP contribution in [0.5, 0.6) is 5.75 Å². The number of benzene rings is 1. The van der Waals surface area contributed by atoms with Gasteiger partial charge in [0.15, 0.2) is 0 Å². The highest BCUT2D eigenvalue weighted by Crippen LogP contribution is 2.14. The SMILES string of the molecule is CCCOc1ccc(CCCC(=O)C(C)C)cc1. The van der Waals surface area contributed by atoms with Crippen LogP contribution in [-0.2, 0) is 11.2 Å². The highest BCUT2D eigenvalue weighted by molar-refractivity contribution is 5.80. The summed E-state index contributed by atoms with van der Waals surface area (Å²) in [5.74, 6) is 1.45. The van der Waals surface area contributed by atoms with Crippen molar-refractivity contribution in [1.82, 2.24) is 0 Å². The van der Waals surface area contributed by atoms with E-state index in [1.54, 1.807) is 0 Å². The first-order chi connectivity index (χ1) is 8.63. The molecule has 0 radical (unpaired) electrons. The first kappa shape index (κ1) is 14.7. The second-order valence-electron chi connectivity index (χ2n) is 4.97. The standard InChI is InChI=1S/C16H24O2/c1-4-12-18-15-10-8-14(9-11-15)6-5-7-16(17)13(2)3/h8-11,13H,4-7,12H2,1-3H3. The largest absolute Gasteiger partial charge is 0.494 e. The van der Waals surface area contributed by atoms with E-state index in [9.17, 15) is 4.79 Å². The van der Waals surface area contributed by atoms with Gasteiger partial charge in [-0.2, -0.15) is 0 Å². The van der Waals surface area contributed by atoms with Crippen molar-refractivity contribution in [3.05, 3.63) is 29.8 Å². The first-order valence-electron chi connectivity index (χ1n) is 6.88. The van der Waals surface area contributed by atoms with Crippen molar-refractivity contribution in [2.45, 2.75) is 46.5 Å². The molecule has 18 heavy (non-hydrogen) atoms. The zero-order valence-electron chi connectivity index (χ0n) is 11.7. The summed E-state index contributed by atoms with van der Waals surface area (Å²) in [6, 6.07) is 8.19. The van der Waals surface area contributed by atoms with E-state index in [0.717, 1.165) is 31.6 Å². The number of hydrogen-bond donors (Lipinski definition) is 0. The van der Waals surface area contributed by atoms with Gasteiger partial charge in [0.25, 0.3) is 0 Å².